The number of pyridine rings is 1. The van der Waals surface area contributed by atoms with Gasteiger partial charge in [0.2, 0.25) is 0 Å². The summed E-state index contributed by atoms with van der Waals surface area (Å²) in [7, 11) is 0. The molecule has 0 bridgehead atoms. The largest absolute Gasteiger partial charge is 0.455 e. The Morgan fingerprint density at radius 2 is 1.45 bits per heavy atom. The van der Waals surface area contributed by atoms with Crippen LogP contribution in [-0.4, -0.2) is 16.1 Å². The van der Waals surface area contributed by atoms with E-state index < -0.39 is 0 Å². The number of fused-ring (bicyclic) bond motifs is 7. The summed E-state index contributed by atoms with van der Waals surface area (Å²) in [5.74, 6) is 0. The lowest BCUT2D eigenvalue weighted by Gasteiger charge is -2.18. The number of hydrogen-bond acceptors (Lipinski definition) is 3. The summed E-state index contributed by atoms with van der Waals surface area (Å²) in [5, 5.41) is 8.16. The van der Waals surface area contributed by atoms with Crippen LogP contribution in [0.2, 0.25) is 0 Å². The van der Waals surface area contributed by atoms with Crippen molar-refractivity contribution in [3.63, 3.8) is 0 Å². The van der Waals surface area contributed by atoms with Gasteiger partial charge in [0.15, 0.2) is 0 Å². The first kappa shape index (κ1) is 24.7. The Morgan fingerprint density at radius 3 is 2.39 bits per heavy atom. The topological polar surface area (TPSA) is 43.0 Å². The second-order valence-corrected chi connectivity index (χ2v) is 11.2. The van der Waals surface area contributed by atoms with Crippen LogP contribution < -0.4 is 5.32 Å². The molecule has 9 rings (SSSR count). The van der Waals surface area contributed by atoms with Gasteiger partial charge in [0.25, 0.3) is 0 Å². The van der Waals surface area contributed by atoms with E-state index in [4.69, 9.17) is 9.40 Å². The van der Waals surface area contributed by atoms with Gasteiger partial charge in [-0.3, -0.25) is 4.98 Å². The van der Waals surface area contributed by atoms with Crippen LogP contribution in [-0.2, 0) is 0 Å². The SMILES string of the molecule is C1=C(c2cccc(-n3c4ccccc4c4c5oc6ccccc6c5ccc43)c2)C=C(c2cc(-c3ccccc3)ccn2)NC1. The maximum absolute atomic E-state index is 6.49. The zero-order valence-electron chi connectivity index (χ0n) is 23.9. The van der Waals surface area contributed by atoms with E-state index in [0.29, 0.717) is 0 Å². The van der Waals surface area contributed by atoms with E-state index in [9.17, 15) is 0 Å². The first-order valence-corrected chi connectivity index (χ1v) is 14.9. The van der Waals surface area contributed by atoms with E-state index in [2.05, 4.69) is 131 Å². The van der Waals surface area contributed by atoms with Crippen molar-refractivity contribution in [3.05, 3.63) is 157 Å². The normalized spacial score (nSPS) is 13.4. The van der Waals surface area contributed by atoms with E-state index in [1.807, 2.05) is 24.4 Å². The monoisotopic (exact) mass is 565 g/mol. The molecule has 1 aliphatic heterocycles. The molecular weight excluding hydrogens is 538 g/mol. The molecule has 0 fully saturated rings. The third-order valence-electron chi connectivity index (χ3n) is 8.68. The summed E-state index contributed by atoms with van der Waals surface area (Å²) < 4.78 is 8.85. The van der Waals surface area contributed by atoms with E-state index in [-0.39, 0.29) is 0 Å². The number of furan rings is 1. The number of aromatic nitrogens is 2. The zero-order valence-corrected chi connectivity index (χ0v) is 23.9. The molecule has 0 aliphatic carbocycles. The molecule has 208 valence electrons. The maximum atomic E-state index is 6.49. The van der Waals surface area contributed by atoms with Gasteiger partial charge in [0.05, 0.1) is 27.8 Å². The van der Waals surface area contributed by atoms with Crippen LogP contribution in [0.1, 0.15) is 11.3 Å². The molecule has 4 heterocycles. The van der Waals surface area contributed by atoms with Crippen molar-refractivity contribution in [1.29, 1.82) is 0 Å². The van der Waals surface area contributed by atoms with Gasteiger partial charge in [-0.2, -0.15) is 0 Å². The molecule has 8 aromatic rings. The van der Waals surface area contributed by atoms with Crippen molar-refractivity contribution >= 4 is 55.0 Å². The Labute approximate surface area is 254 Å². The summed E-state index contributed by atoms with van der Waals surface area (Å²) in [6.07, 6.45) is 6.34. The molecule has 0 atom stereocenters. The lowest BCUT2D eigenvalue weighted by atomic mass is 9.99. The van der Waals surface area contributed by atoms with E-state index in [0.717, 1.165) is 73.1 Å². The number of benzene rings is 5. The average molecular weight is 566 g/mol. The Bertz CT molecular complexity index is 2440. The quantitative estimate of drug-likeness (QED) is 0.231. The fraction of sp³-hybridized carbons (Fsp3) is 0.0250. The van der Waals surface area contributed by atoms with Crippen LogP contribution in [0.4, 0.5) is 0 Å². The number of nitrogens with one attached hydrogen (secondary N) is 1. The highest BCUT2D eigenvalue weighted by atomic mass is 16.3. The number of rotatable bonds is 4. The molecule has 4 nitrogen and oxygen atoms in total. The highest BCUT2D eigenvalue weighted by Gasteiger charge is 2.19. The van der Waals surface area contributed by atoms with E-state index >= 15 is 0 Å². The minimum atomic E-state index is 0.738. The second-order valence-electron chi connectivity index (χ2n) is 11.2. The molecule has 0 saturated heterocycles. The Hall–Kier alpha value is -5.87. The summed E-state index contributed by atoms with van der Waals surface area (Å²) >= 11 is 0. The maximum Gasteiger partial charge on any atom is 0.145 e. The number of allylic oxidation sites excluding steroid dienone is 2. The molecule has 0 spiro atoms. The van der Waals surface area contributed by atoms with Gasteiger partial charge in [-0.15, -0.1) is 0 Å². The van der Waals surface area contributed by atoms with Crippen LogP contribution in [0.15, 0.2) is 150 Å². The fourth-order valence-electron chi connectivity index (χ4n) is 6.63. The van der Waals surface area contributed by atoms with Crippen LogP contribution in [0.3, 0.4) is 0 Å². The molecule has 44 heavy (non-hydrogen) atoms. The van der Waals surface area contributed by atoms with Crippen molar-refractivity contribution in [2.45, 2.75) is 0 Å². The summed E-state index contributed by atoms with van der Waals surface area (Å²) in [5.41, 5.74) is 11.9. The highest BCUT2D eigenvalue weighted by molar-refractivity contribution is 6.23. The van der Waals surface area contributed by atoms with Crippen LogP contribution in [0, 0.1) is 0 Å². The third-order valence-corrected chi connectivity index (χ3v) is 8.68. The number of dihydropyridines is 1. The molecule has 0 unspecified atom stereocenters. The van der Waals surface area contributed by atoms with Gasteiger partial charge in [-0.25, -0.2) is 0 Å². The van der Waals surface area contributed by atoms with Crippen LogP contribution in [0.5, 0.6) is 0 Å². The molecule has 1 aliphatic rings. The number of hydrogen-bond donors (Lipinski definition) is 1. The molecule has 5 aromatic carbocycles. The Morgan fingerprint density at radius 1 is 0.636 bits per heavy atom. The van der Waals surface area contributed by atoms with Crippen molar-refractivity contribution < 1.29 is 4.42 Å². The standard InChI is InChI=1S/C40H27N3O/c1-2-9-26(10-3-1)28-19-21-41-34(24-28)35-25-29(20-22-42-35)27-11-8-12-30(23-27)43-36-15-6-4-14-33(36)39-37(43)18-17-32-31-13-5-7-16-38(31)44-40(32)39/h1-21,23-25,42H,22H2. The molecule has 0 amide bonds. The lowest BCUT2D eigenvalue weighted by molar-refractivity contribution is 0.673. The van der Waals surface area contributed by atoms with Crippen molar-refractivity contribution in [1.82, 2.24) is 14.9 Å². The molecular formula is C40H27N3O. The van der Waals surface area contributed by atoms with Gasteiger partial charge in [0, 0.05) is 34.6 Å². The highest BCUT2D eigenvalue weighted by Crippen LogP contribution is 2.40. The first-order valence-electron chi connectivity index (χ1n) is 14.9. The minimum Gasteiger partial charge on any atom is -0.455 e. The average Bonchev–Trinajstić information content (AvgIpc) is 3.65. The van der Waals surface area contributed by atoms with Crippen LogP contribution in [0.25, 0.3) is 71.8 Å². The van der Waals surface area contributed by atoms with Gasteiger partial charge in [0.1, 0.15) is 11.2 Å². The minimum absolute atomic E-state index is 0.738. The van der Waals surface area contributed by atoms with E-state index in [1.54, 1.807) is 0 Å². The van der Waals surface area contributed by atoms with Gasteiger partial charge in [-0.05, 0) is 76.9 Å². The number of nitrogens with zero attached hydrogens (tertiary/aromatic N) is 2. The molecule has 0 radical (unpaired) electrons. The van der Waals surface area contributed by atoms with Crippen LogP contribution >= 0.6 is 0 Å². The van der Waals surface area contributed by atoms with E-state index in [1.165, 1.54) is 16.5 Å². The lowest BCUT2D eigenvalue weighted by Crippen LogP contribution is -2.17. The number of para-hydroxylation sites is 2. The zero-order chi connectivity index (χ0) is 29.0. The van der Waals surface area contributed by atoms with Gasteiger partial charge >= 0.3 is 0 Å². The predicted molar refractivity (Wildman–Crippen MR) is 182 cm³/mol. The Kier molecular flexibility index (Phi) is 5.53. The first-order chi connectivity index (χ1) is 21.8. The smallest absolute Gasteiger partial charge is 0.145 e. The fourth-order valence-corrected chi connectivity index (χ4v) is 6.63. The summed E-state index contributed by atoms with van der Waals surface area (Å²) in [6.45, 7) is 0.738. The van der Waals surface area contributed by atoms with Gasteiger partial charge < -0.3 is 14.3 Å². The summed E-state index contributed by atoms with van der Waals surface area (Å²) in [4.78, 5) is 4.71. The molecule has 1 N–H and O–H groups in total. The predicted octanol–water partition coefficient (Wildman–Crippen LogP) is 9.77. The molecule has 0 saturated carbocycles. The van der Waals surface area contributed by atoms with Crippen molar-refractivity contribution in [2.75, 3.05) is 6.54 Å². The summed E-state index contributed by atoms with van der Waals surface area (Å²) in [6, 6.07) is 44.8. The molecule has 3 aromatic heterocycles. The third kappa shape index (κ3) is 3.89. The second kappa shape index (κ2) is 9.85. The van der Waals surface area contributed by atoms with Gasteiger partial charge in [-0.1, -0.05) is 84.9 Å². The Balaban J connectivity index is 1.16. The van der Waals surface area contributed by atoms with Crippen molar-refractivity contribution in [3.8, 4) is 16.8 Å². The van der Waals surface area contributed by atoms with Crippen molar-refractivity contribution in [2.24, 2.45) is 0 Å². The molecule has 4 heteroatoms.